The summed E-state index contributed by atoms with van der Waals surface area (Å²) in [7, 11) is 1.56. The fraction of sp³-hybridized carbons (Fsp3) is 0.444. The number of halogens is 1. The van der Waals surface area contributed by atoms with Crippen LogP contribution in [0.3, 0.4) is 0 Å². The molecule has 0 bridgehead atoms. The second-order valence-electron chi connectivity index (χ2n) is 15.2. The third-order valence-corrected chi connectivity index (χ3v) is 9.44. The summed E-state index contributed by atoms with van der Waals surface area (Å²) in [5.41, 5.74) is -0.209. The Bertz CT molecular complexity index is 2060. The van der Waals surface area contributed by atoms with Gasteiger partial charge in [-0.1, -0.05) is 24.6 Å². The van der Waals surface area contributed by atoms with E-state index in [1.54, 1.807) is 60.8 Å². The maximum atomic E-state index is 14.3. The lowest BCUT2D eigenvalue weighted by Crippen LogP contribution is -2.45. The van der Waals surface area contributed by atoms with Crippen LogP contribution in [-0.4, -0.2) is 69.2 Å². The number of imide groups is 1. The van der Waals surface area contributed by atoms with Crippen LogP contribution >= 0.6 is 11.6 Å². The zero-order chi connectivity index (χ0) is 35.9. The van der Waals surface area contributed by atoms with Crippen LogP contribution in [0.1, 0.15) is 71.9 Å². The Hall–Kier alpha value is -4.91. The molecule has 0 radical (unpaired) electrons. The molecule has 13 nitrogen and oxygen atoms in total. The normalized spacial score (nSPS) is 20.2. The molecule has 2 amide bonds. The molecule has 0 unspecified atom stereocenters. The number of benzene rings is 2. The van der Waals surface area contributed by atoms with Gasteiger partial charge in [0, 0.05) is 24.4 Å². The van der Waals surface area contributed by atoms with Gasteiger partial charge in [-0.3, -0.25) is 4.79 Å². The van der Waals surface area contributed by atoms with Gasteiger partial charge in [0.1, 0.15) is 28.3 Å². The van der Waals surface area contributed by atoms with E-state index in [1.807, 2.05) is 24.3 Å². The van der Waals surface area contributed by atoms with Crippen LogP contribution in [0.15, 0.2) is 42.7 Å². The number of nitrogens with zero attached hydrogens (tertiary/aromatic N) is 6. The standard InChI is InChI=1S/C36H40ClN7O6/c1-19-16-42(17-19)30-27(37)29(38-18-39-30)40-28-22-11-9-20(13-26(22)44(41-28)33(47)50-35(5,6)7)24-15-36(24)23-14-21(48-8)10-12-25(23)43(31(36)45)32(46)49-34(2,3)4/h9-14,18-19,24H,15-17H2,1-8H3,(H,38,39,40,41)/t24-,36-/m0/s1. The Morgan fingerprint density at radius 2 is 1.66 bits per heavy atom. The average Bonchev–Trinajstić information content (AvgIpc) is 3.60. The summed E-state index contributed by atoms with van der Waals surface area (Å²) in [6, 6.07) is 10.8. The maximum absolute atomic E-state index is 14.3. The molecular weight excluding hydrogens is 662 g/mol. The maximum Gasteiger partial charge on any atom is 0.435 e. The van der Waals surface area contributed by atoms with Crippen molar-refractivity contribution in [1.29, 1.82) is 0 Å². The number of carbonyl (C=O) groups is 3. The fourth-order valence-corrected chi connectivity index (χ4v) is 7.11. The lowest BCUT2D eigenvalue weighted by molar-refractivity contribution is -0.120. The van der Waals surface area contributed by atoms with Crippen molar-refractivity contribution >= 4 is 63.7 Å². The molecule has 262 valence electrons. The third-order valence-electron chi connectivity index (χ3n) is 9.09. The summed E-state index contributed by atoms with van der Waals surface area (Å²) in [5.74, 6) is 1.75. The molecule has 1 aliphatic carbocycles. The molecule has 1 saturated carbocycles. The number of nitrogens with one attached hydrogen (secondary N) is 1. The zero-order valence-corrected chi connectivity index (χ0v) is 30.1. The Labute approximate surface area is 294 Å². The number of ether oxygens (including phenoxy) is 3. The Balaban J connectivity index is 1.28. The number of aromatic nitrogens is 4. The molecule has 1 N–H and O–H groups in total. The number of anilines is 4. The van der Waals surface area contributed by atoms with Crippen molar-refractivity contribution < 1.29 is 28.6 Å². The second kappa shape index (κ2) is 11.6. The van der Waals surface area contributed by atoms with E-state index in [0.717, 1.165) is 23.6 Å². The highest BCUT2D eigenvalue weighted by molar-refractivity contribution is 6.35. The number of hydrogen-bond donors (Lipinski definition) is 1. The molecule has 2 aromatic carbocycles. The largest absolute Gasteiger partial charge is 0.497 e. The molecule has 2 fully saturated rings. The van der Waals surface area contributed by atoms with Crippen molar-refractivity contribution in [1.82, 2.24) is 19.7 Å². The molecule has 2 aliphatic heterocycles. The monoisotopic (exact) mass is 701 g/mol. The first kappa shape index (κ1) is 33.6. The minimum absolute atomic E-state index is 0.311. The topological polar surface area (TPSA) is 141 Å². The smallest absolute Gasteiger partial charge is 0.435 e. The van der Waals surface area contributed by atoms with Gasteiger partial charge in [-0.2, -0.15) is 4.68 Å². The van der Waals surface area contributed by atoms with Gasteiger partial charge in [0.05, 0.1) is 23.7 Å². The van der Waals surface area contributed by atoms with Crippen LogP contribution < -0.4 is 19.9 Å². The molecule has 4 aromatic rings. The van der Waals surface area contributed by atoms with Gasteiger partial charge in [0.15, 0.2) is 17.5 Å². The third kappa shape index (κ3) is 5.66. The summed E-state index contributed by atoms with van der Waals surface area (Å²) in [6.07, 6.45) is 0.471. The van der Waals surface area contributed by atoms with Crippen molar-refractivity contribution in [3.63, 3.8) is 0 Å². The molecule has 3 aliphatic rings. The first-order chi connectivity index (χ1) is 23.5. The van der Waals surface area contributed by atoms with Gasteiger partial charge in [0.2, 0.25) is 5.91 Å². The predicted molar refractivity (Wildman–Crippen MR) is 189 cm³/mol. The van der Waals surface area contributed by atoms with Crippen LogP contribution in [0.5, 0.6) is 5.75 Å². The molecular formula is C36H40ClN7O6. The number of fused-ring (bicyclic) bond motifs is 3. The van der Waals surface area contributed by atoms with Gasteiger partial charge in [-0.25, -0.2) is 24.5 Å². The summed E-state index contributed by atoms with van der Waals surface area (Å²) >= 11 is 6.78. The molecule has 14 heteroatoms. The van der Waals surface area contributed by atoms with E-state index in [4.69, 9.17) is 25.8 Å². The van der Waals surface area contributed by atoms with Crippen LogP contribution in [0.4, 0.5) is 32.7 Å². The Kier molecular flexibility index (Phi) is 7.78. The van der Waals surface area contributed by atoms with Crippen LogP contribution in [0, 0.1) is 5.92 Å². The van der Waals surface area contributed by atoms with Crippen molar-refractivity contribution in [2.75, 3.05) is 35.3 Å². The number of hydrogen-bond acceptors (Lipinski definition) is 11. The molecule has 1 saturated heterocycles. The number of carbonyl (C=O) groups excluding carboxylic acids is 3. The van der Waals surface area contributed by atoms with Crippen LogP contribution in [0.2, 0.25) is 5.02 Å². The Morgan fingerprint density at radius 3 is 2.32 bits per heavy atom. The second-order valence-corrected chi connectivity index (χ2v) is 15.6. The first-order valence-corrected chi connectivity index (χ1v) is 16.9. The summed E-state index contributed by atoms with van der Waals surface area (Å²) in [6.45, 7) is 14.4. The summed E-state index contributed by atoms with van der Waals surface area (Å²) < 4.78 is 18.1. The molecule has 7 rings (SSSR count). The number of methoxy groups -OCH3 is 1. The molecule has 2 aromatic heterocycles. The van der Waals surface area contributed by atoms with E-state index in [2.05, 4.69) is 32.2 Å². The lowest BCUT2D eigenvalue weighted by atomic mass is 9.91. The van der Waals surface area contributed by atoms with Crippen molar-refractivity contribution in [3.05, 3.63) is 58.9 Å². The van der Waals surface area contributed by atoms with Crippen LogP contribution in [-0.2, 0) is 19.7 Å². The van der Waals surface area contributed by atoms with Gasteiger partial charge in [-0.05, 0) is 95.3 Å². The fourth-order valence-electron chi connectivity index (χ4n) is 6.84. The minimum atomic E-state index is -1.02. The zero-order valence-electron chi connectivity index (χ0n) is 29.3. The van der Waals surface area contributed by atoms with E-state index < -0.39 is 28.8 Å². The highest BCUT2D eigenvalue weighted by atomic mass is 35.5. The van der Waals surface area contributed by atoms with Gasteiger partial charge in [-0.15, -0.1) is 5.10 Å². The van der Waals surface area contributed by atoms with Crippen LogP contribution in [0.25, 0.3) is 10.9 Å². The quantitative estimate of drug-likeness (QED) is 0.226. The number of amides is 2. The van der Waals surface area contributed by atoms with Crippen molar-refractivity contribution in [2.24, 2.45) is 5.92 Å². The number of rotatable bonds is 5. The first-order valence-electron chi connectivity index (χ1n) is 16.6. The molecule has 1 spiro atoms. The van der Waals surface area contributed by atoms with Gasteiger partial charge < -0.3 is 24.4 Å². The SMILES string of the molecule is COc1ccc2c(c1)[C@]1(C[C@H]1c1ccc3c(Nc4ncnc(N5CC(C)C5)c4Cl)nn(C(=O)OC(C)(C)C)c3c1)C(=O)N2C(=O)OC(C)(C)C. The minimum Gasteiger partial charge on any atom is -0.497 e. The van der Waals surface area contributed by atoms with Gasteiger partial charge in [0.25, 0.3) is 0 Å². The lowest BCUT2D eigenvalue weighted by Gasteiger charge is -2.38. The molecule has 4 heterocycles. The van der Waals surface area contributed by atoms with Crippen molar-refractivity contribution in [2.45, 2.75) is 77.4 Å². The average molecular weight is 702 g/mol. The Morgan fingerprint density at radius 1 is 0.960 bits per heavy atom. The van der Waals surface area contributed by atoms with Crippen molar-refractivity contribution in [3.8, 4) is 5.75 Å². The van der Waals surface area contributed by atoms with Gasteiger partial charge >= 0.3 is 12.2 Å². The molecule has 2 atom stereocenters. The van der Waals surface area contributed by atoms with E-state index >= 15 is 0 Å². The summed E-state index contributed by atoms with van der Waals surface area (Å²) in [4.78, 5) is 53.2. The van der Waals surface area contributed by atoms with E-state index in [1.165, 1.54) is 11.0 Å². The summed E-state index contributed by atoms with van der Waals surface area (Å²) in [5, 5.41) is 8.80. The highest BCUT2D eigenvalue weighted by Crippen LogP contribution is 2.67. The van der Waals surface area contributed by atoms with E-state index in [-0.39, 0.29) is 11.8 Å². The highest BCUT2D eigenvalue weighted by Gasteiger charge is 2.68. The van der Waals surface area contributed by atoms with E-state index in [9.17, 15) is 14.4 Å². The molecule has 50 heavy (non-hydrogen) atoms. The van der Waals surface area contributed by atoms with E-state index in [0.29, 0.717) is 62.7 Å². The predicted octanol–water partition coefficient (Wildman–Crippen LogP) is 7.18.